The van der Waals surface area contributed by atoms with Crippen LogP contribution < -0.4 is 16.2 Å². The summed E-state index contributed by atoms with van der Waals surface area (Å²) in [6.07, 6.45) is 4.50. The lowest BCUT2D eigenvalue weighted by atomic mass is 9.96. The van der Waals surface area contributed by atoms with Gasteiger partial charge in [-0.15, -0.1) is 0 Å². The Bertz CT molecular complexity index is 2020. The van der Waals surface area contributed by atoms with E-state index in [1.165, 1.54) is 22.9 Å². The lowest BCUT2D eigenvalue weighted by molar-refractivity contribution is -0.128. The quantitative estimate of drug-likeness (QED) is 0.216. The second-order valence-electron chi connectivity index (χ2n) is 13.7. The summed E-state index contributed by atoms with van der Waals surface area (Å²) in [5.74, 6) is -0.141. The fourth-order valence-corrected chi connectivity index (χ4v) is 7.33. The lowest BCUT2D eigenvalue weighted by Crippen LogP contribution is -2.59. The highest BCUT2D eigenvalue weighted by Crippen LogP contribution is 2.32. The molecule has 3 aliphatic rings. The number of rotatable bonds is 8. The Morgan fingerprint density at radius 1 is 1.06 bits per heavy atom. The van der Waals surface area contributed by atoms with Crippen LogP contribution in [0.1, 0.15) is 32.7 Å². The molecule has 12 nitrogen and oxygen atoms in total. The number of nitrogens with two attached hydrogens (primary N) is 1. The maximum Gasteiger partial charge on any atom is 0.334 e. The summed E-state index contributed by atoms with van der Waals surface area (Å²) >= 11 is 0. The molecule has 2 aromatic heterocycles. The van der Waals surface area contributed by atoms with Crippen LogP contribution in [0.15, 0.2) is 77.2 Å². The molecule has 0 bridgehead atoms. The Balaban J connectivity index is 1.14. The molecule has 0 spiro atoms. The third-order valence-electron chi connectivity index (χ3n) is 10.1. The summed E-state index contributed by atoms with van der Waals surface area (Å²) in [5.41, 5.74) is 6.15. The smallest absolute Gasteiger partial charge is 0.334 e. The van der Waals surface area contributed by atoms with Crippen LogP contribution in [0.2, 0.25) is 0 Å². The second kappa shape index (κ2) is 13.7. The number of piperidine rings is 1. The van der Waals surface area contributed by atoms with E-state index in [-0.39, 0.29) is 40.8 Å². The van der Waals surface area contributed by atoms with Gasteiger partial charge in [0.15, 0.2) is 5.82 Å². The molecule has 50 heavy (non-hydrogen) atoms. The van der Waals surface area contributed by atoms with E-state index in [1.54, 1.807) is 39.8 Å². The number of benzene rings is 2. The topological polar surface area (TPSA) is 135 Å². The van der Waals surface area contributed by atoms with E-state index in [0.29, 0.717) is 36.7 Å². The molecular weight excluding hydrogens is 639 g/mol. The molecule has 2 aromatic carbocycles. The summed E-state index contributed by atoms with van der Waals surface area (Å²) in [7, 11) is 0. The highest BCUT2D eigenvalue weighted by Gasteiger charge is 2.36. The van der Waals surface area contributed by atoms with Gasteiger partial charge in [-0.1, -0.05) is 18.2 Å². The van der Waals surface area contributed by atoms with E-state index in [2.05, 4.69) is 20.9 Å². The number of fused-ring (bicyclic) bond motifs is 1. The SMILES string of the molecule is CC(C)(/C=C(/C#N)C(=O)N1CCC[C@@H](n2c(=O)n(-c3ccc(Oc4ccccc4)cc3F)c3c(N)nccc32)C1)N1CCN(C2COC2)CC1. The van der Waals surface area contributed by atoms with Crippen LogP contribution in [0.25, 0.3) is 16.7 Å². The van der Waals surface area contributed by atoms with Crippen LogP contribution in [0.3, 0.4) is 0 Å². The number of halogens is 1. The monoisotopic (exact) mass is 680 g/mol. The number of ether oxygens (including phenoxy) is 2. The molecule has 3 saturated heterocycles. The zero-order valence-electron chi connectivity index (χ0n) is 28.3. The standard InChI is InChI=1S/C37H41FN8O4/c1-37(2,44-17-15-42(16-18-44)27-23-49-24-27)20-25(21-39)35(47)43-14-6-7-26(22-43)45-32-12-13-41-34(40)33(32)46(36(45)48)31-11-10-29(19-30(31)38)50-28-8-4-3-5-9-28/h3-5,8-13,19-20,26-27H,6-7,14-18,22-24H2,1-2H3,(H2,40,41)/b25-20-/t26-/m1/s1. The van der Waals surface area contributed by atoms with Crippen molar-refractivity contribution in [2.24, 2.45) is 0 Å². The van der Waals surface area contributed by atoms with E-state index in [9.17, 15) is 14.9 Å². The van der Waals surface area contributed by atoms with Crippen LogP contribution in [0, 0.1) is 17.1 Å². The summed E-state index contributed by atoms with van der Waals surface area (Å²) < 4.78 is 29.7. The van der Waals surface area contributed by atoms with E-state index in [1.807, 2.05) is 32.0 Å². The van der Waals surface area contributed by atoms with Crippen molar-refractivity contribution in [1.29, 1.82) is 5.26 Å². The third-order valence-corrected chi connectivity index (χ3v) is 10.1. The molecule has 3 aliphatic heterocycles. The van der Waals surface area contributed by atoms with Crippen molar-refractivity contribution >= 4 is 22.8 Å². The molecule has 0 unspecified atom stereocenters. The molecular formula is C37H41FN8O4. The molecule has 1 atom stereocenters. The van der Waals surface area contributed by atoms with E-state index in [4.69, 9.17) is 15.2 Å². The molecule has 260 valence electrons. The Hall–Kier alpha value is -5.03. The summed E-state index contributed by atoms with van der Waals surface area (Å²) in [6.45, 7) is 9.74. The maximum atomic E-state index is 15.8. The van der Waals surface area contributed by atoms with Crippen molar-refractivity contribution in [1.82, 2.24) is 28.8 Å². The number of para-hydroxylation sites is 1. The Kier molecular flexibility index (Phi) is 9.17. The van der Waals surface area contributed by atoms with Crippen molar-refractivity contribution in [2.45, 2.75) is 44.3 Å². The van der Waals surface area contributed by atoms with Crippen LogP contribution in [0.4, 0.5) is 10.2 Å². The van der Waals surface area contributed by atoms with Gasteiger partial charge in [-0.2, -0.15) is 5.26 Å². The number of hydrogen-bond donors (Lipinski definition) is 1. The van der Waals surface area contributed by atoms with Gasteiger partial charge in [0.1, 0.15) is 34.5 Å². The molecule has 13 heteroatoms. The fourth-order valence-electron chi connectivity index (χ4n) is 7.33. The van der Waals surface area contributed by atoms with Crippen LogP contribution >= 0.6 is 0 Å². The first-order valence-electron chi connectivity index (χ1n) is 17.0. The predicted octanol–water partition coefficient (Wildman–Crippen LogP) is 4.11. The minimum Gasteiger partial charge on any atom is -0.457 e. The van der Waals surface area contributed by atoms with Crippen molar-refractivity contribution in [3.8, 4) is 23.3 Å². The fraction of sp³-hybridized carbons (Fsp3) is 0.405. The van der Waals surface area contributed by atoms with Crippen LogP contribution in [-0.2, 0) is 9.53 Å². The summed E-state index contributed by atoms with van der Waals surface area (Å²) in [4.78, 5) is 38.7. The summed E-state index contributed by atoms with van der Waals surface area (Å²) in [6, 6.07) is 17.2. The first-order chi connectivity index (χ1) is 24.1. The Morgan fingerprint density at radius 2 is 1.82 bits per heavy atom. The number of aromatic nitrogens is 3. The van der Waals surface area contributed by atoms with E-state index < -0.39 is 23.1 Å². The number of nitrogen functional groups attached to an aromatic ring is 1. The highest BCUT2D eigenvalue weighted by atomic mass is 19.1. The van der Waals surface area contributed by atoms with Crippen molar-refractivity contribution in [3.63, 3.8) is 0 Å². The molecule has 7 rings (SSSR count). The molecule has 4 aromatic rings. The first kappa shape index (κ1) is 33.5. The molecule has 0 aliphatic carbocycles. The van der Waals surface area contributed by atoms with Gasteiger partial charge in [0.05, 0.1) is 36.5 Å². The van der Waals surface area contributed by atoms with Crippen LogP contribution in [-0.4, -0.2) is 98.8 Å². The van der Waals surface area contributed by atoms with Gasteiger partial charge in [0.25, 0.3) is 5.91 Å². The normalized spacial score (nSPS) is 19.7. The van der Waals surface area contributed by atoms with Gasteiger partial charge in [-0.25, -0.2) is 14.2 Å². The third kappa shape index (κ3) is 6.37. The number of amides is 1. The van der Waals surface area contributed by atoms with Crippen molar-refractivity contribution in [3.05, 3.63) is 88.7 Å². The Labute approximate surface area is 289 Å². The number of carbonyl (C=O) groups excluding carboxylic acids is 1. The van der Waals surface area contributed by atoms with Crippen molar-refractivity contribution < 1.29 is 18.7 Å². The van der Waals surface area contributed by atoms with Crippen molar-refractivity contribution in [2.75, 3.05) is 58.2 Å². The van der Waals surface area contributed by atoms with Gasteiger partial charge in [0.2, 0.25) is 0 Å². The molecule has 3 fully saturated rings. The van der Waals surface area contributed by atoms with Gasteiger partial charge in [-0.3, -0.25) is 23.7 Å². The largest absolute Gasteiger partial charge is 0.457 e. The average Bonchev–Trinajstić information content (AvgIpc) is 3.39. The number of hydrogen-bond acceptors (Lipinski definition) is 9. The first-order valence-corrected chi connectivity index (χ1v) is 17.0. The number of nitrogens with zero attached hydrogens (tertiary/aromatic N) is 7. The van der Waals surface area contributed by atoms with E-state index in [0.717, 1.165) is 39.4 Å². The number of nitriles is 1. The number of pyridine rings is 1. The highest BCUT2D eigenvalue weighted by molar-refractivity contribution is 5.97. The number of anilines is 1. The molecule has 0 radical (unpaired) electrons. The maximum absolute atomic E-state index is 15.8. The minimum absolute atomic E-state index is 0.00129. The zero-order chi connectivity index (χ0) is 35.0. The van der Waals surface area contributed by atoms with Crippen LogP contribution in [0.5, 0.6) is 11.5 Å². The number of imidazole rings is 1. The zero-order valence-corrected chi connectivity index (χ0v) is 28.3. The Morgan fingerprint density at radius 3 is 2.50 bits per heavy atom. The predicted molar refractivity (Wildman–Crippen MR) is 187 cm³/mol. The molecule has 1 amide bonds. The number of piperazine rings is 1. The van der Waals surface area contributed by atoms with Gasteiger partial charge < -0.3 is 20.1 Å². The minimum atomic E-state index is -0.673. The second-order valence-corrected chi connectivity index (χ2v) is 13.7. The van der Waals surface area contributed by atoms with Gasteiger partial charge in [-0.05, 0) is 63.1 Å². The number of likely N-dealkylation sites (tertiary alicyclic amines) is 1. The van der Waals surface area contributed by atoms with Gasteiger partial charge >= 0.3 is 5.69 Å². The van der Waals surface area contributed by atoms with Gasteiger partial charge in [0, 0.05) is 57.1 Å². The molecule has 0 saturated carbocycles. The summed E-state index contributed by atoms with van der Waals surface area (Å²) in [5, 5.41) is 10.2. The molecule has 5 heterocycles. The van der Waals surface area contributed by atoms with E-state index >= 15 is 4.39 Å². The lowest BCUT2D eigenvalue weighted by Gasteiger charge is -2.46. The number of carbonyl (C=O) groups is 1. The molecule has 2 N–H and O–H groups in total. The average molecular weight is 681 g/mol.